The number of nitrogens with zero attached hydrogens (tertiary/aromatic N) is 3. The topological polar surface area (TPSA) is 81.2 Å². The van der Waals surface area contributed by atoms with Crippen LogP contribution in [0.5, 0.6) is 0 Å². The van der Waals surface area contributed by atoms with E-state index in [1.807, 2.05) is 0 Å². The van der Waals surface area contributed by atoms with Crippen molar-refractivity contribution in [1.82, 2.24) is 15.0 Å². The van der Waals surface area contributed by atoms with Crippen molar-refractivity contribution < 1.29 is 9.47 Å². The van der Waals surface area contributed by atoms with Crippen molar-refractivity contribution in [3.63, 3.8) is 0 Å². The van der Waals surface area contributed by atoms with Gasteiger partial charge in [0, 0.05) is 26.8 Å². The lowest BCUT2D eigenvalue weighted by Crippen LogP contribution is -2.12. The molecule has 0 unspecified atom stereocenters. The SMILES string of the molecule is CCCNc1nc(Cl)nc(NCCCOCCOC)n1. The molecule has 0 fully saturated rings. The zero-order chi connectivity index (χ0) is 14.6. The Kier molecular flexibility index (Phi) is 8.93. The van der Waals surface area contributed by atoms with E-state index in [0.29, 0.717) is 38.3 Å². The number of hydrogen-bond acceptors (Lipinski definition) is 7. The van der Waals surface area contributed by atoms with E-state index in [0.717, 1.165) is 19.4 Å². The molecule has 20 heavy (non-hydrogen) atoms. The monoisotopic (exact) mass is 303 g/mol. The zero-order valence-corrected chi connectivity index (χ0v) is 12.7. The molecular formula is C12H22ClN5O2. The first kappa shape index (κ1) is 16.9. The van der Waals surface area contributed by atoms with Crippen LogP contribution in [0.2, 0.25) is 5.28 Å². The van der Waals surface area contributed by atoms with Crippen LogP contribution in [0.4, 0.5) is 11.9 Å². The lowest BCUT2D eigenvalue weighted by Gasteiger charge is -2.08. The molecule has 0 spiro atoms. The van der Waals surface area contributed by atoms with E-state index in [4.69, 9.17) is 21.1 Å². The molecule has 0 bridgehead atoms. The van der Waals surface area contributed by atoms with E-state index >= 15 is 0 Å². The number of anilines is 2. The first-order valence-corrected chi connectivity index (χ1v) is 7.10. The summed E-state index contributed by atoms with van der Waals surface area (Å²) in [7, 11) is 1.65. The van der Waals surface area contributed by atoms with Gasteiger partial charge < -0.3 is 20.1 Å². The van der Waals surface area contributed by atoms with Gasteiger partial charge in [-0.25, -0.2) is 0 Å². The number of aromatic nitrogens is 3. The van der Waals surface area contributed by atoms with Crippen molar-refractivity contribution in [2.24, 2.45) is 0 Å². The molecule has 1 aromatic heterocycles. The molecule has 7 nitrogen and oxygen atoms in total. The number of rotatable bonds is 11. The van der Waals surface area contributed by atoms with Gasteiger partial charge >= 0.3 is 0 Å². The smallest absolute Gasteiger partial charge is 0.228 e. The molecule has 0 saturated heterocycles. The van der Waals surface area contributed by atoms with Gasteiger partial charge in [0.05, 0.1) is 13.2 Å². The molecule has 0 aliphatic rings. The first-order valence-electron chi connectivity index (χ1n) is 6.72. The fraction of sp³-hybridized carbons (Fsp3) is 0.750. The maximum Gasteiger partial charge on any atom is 0.228 e. The zero-order valence-electron chi connectivity index (χ0n) is 12.0. The van der Waals surface area contributed by atoms with E-state index in [-0.39, 0.29) is 5.28 Å². The molecule has 0 aliphatic heterocycles. The quantitative estimate of drug-likeness (QED) is 0.603. The molecule has 1 aromatic rings. The highest BCUT2D eigenvalue weighted by atomic mass is 35.5. The second-order valence-electron chi connectivity index (χ2n) is 4.06. The second-order valence-corrected chi connectivity index (χ2v) is 4.40. The van der Waals surface area contributed by atoms with Crippen molar-refractivity contribution in [2.75, 3.05) is 50.7 Å². The van der Waals surface area contributed by atoms with Gasteiger partial charge in [0.25, 0.3) is 0 Å². The summed E-state index contributed by atoms with van der Waals surface area (Å²) in [5.74, 6) is 0.964. The lowest BCUT2D eigenvalue weighted by molar-refractivity contribution is 0.0705. The molecule has 0 atom stereocenters. The van der Waals surface area contributed by atoms with Crippen LogP contribution in [0.3, 0.4) is 0 Å². The van der Waals surface area contributed by atoms with Crippen molar-refractivity contribution in [3.05, 3.63) is 5.28 Å². The standard InChI is InChI=1S/C12H22ClN5O2/c1-3-5-14-11-16-10(13)17-12(18-11)15-6-4-7-20-9-8-19-2/h3-9H2,1-2H3,(H2,14,15,16,17,18). The molecule has 2 N–H and O–H groups in total. The van der Waals surface area contributed by atoms with E-state index in [1.54, 1.807) is 7.11 Å². The predicted molar refractivity (Wildman–Crippen MR) is 79.4 cm³/mol. The van der Waals surface area contributed by atoms with Gasteiger partial charge in [-0.1, -0.05) is 6.92 Å². The molecule has 0 amide bonds. The summed E-state index contributed by atoms with van der Waals surface area (Å²) in [6, 6.07) is 0. The number of nitrogens with one attached hydrogen (secondary N) is 2. The highest BCUT2D eigenvalue weighted by Gasteiger charge is 2.03. The maximum absolute atomic E-state index is 5.85. The number of halogens is 1. The molecule has 1 heterocycles. The van der Waals surface area contributed by atoms with Crippen LogP contribution in [0.15, 0.2) is 0 Å². The molecule has 1 rings (SSSR count). The van der Waals surface area contributed by atoms with Gasteiger partial charge in [-0.05, 0) is 24.4 Å². The summed E-state index contributed by atoms with van der Waals surface area (Å²) in [4.78, 5) is 12.3. The number of hydrogen-bond donors (Lipinski definition) is 2. The Bertz CT molecular complexity index is 381. The van der Waals surface area contributed by atoms with E-state index in [9.17, 15) is 0 Å². The minimum absolute atomic E-state index is 0.178. The highest BCUT2D eigenvalue weighted by Crippen LogP contribution is 2.09. The summed E-state index contributed by atoms with van der Waals surface area (Å²) in [5.41, 5.74) is 0. The predicted octanol–water partition coefficient (Wildman–Crippen LogP) is 1.81. The van der Waals surface area contributed by atoms with Crippen LogP contribution in [0, 0.1) is 0 Å². The third kappa shape index (κ3) is 7.42. The van der Waals surface area contributed by atoms with Gasteiger partial charge in [-0.2, -0.15) is 15.0 Å². The van der Waals surface area contributed by atoms with Crippen LogP contribution in [-0.2, 0) is 9.47 Å². The third-order valence-corrected chi connectivity index (χ3v) is 2.49. The molecule has 0 saturated carbocycles. The summed E-state index contributed by atoms with van der Waals surface area (Å²) >= 11 is 5.85. The Morgan fingerprint density at radius 2 is 1.70 bits per heavy atom. The van der Waals surface area contributed by atoms with E-state index in [2.05, 4.69) is 32.5 Å². The summed E-state index contributed by atoms with van der Waals surface area (Å²) < 4.78 is 10.2. The number of ether oxygens (including phenoxy) is 2. The van der Waals surface area contributed by atoms with Crippen LogP contribution in [0.1, 0.15) is 19.8 Å². The molecule has 0 aromatic carbocycles. The fourth-order valence-corrected chi connectivity index (χ4v) is 1.52. The Morgan fingerprint density at radius 3 is 2.35 bits per heavy atom. The van der Waals surface area contributed by atoms with Crippen LogP contribution in [0.25, 0.3) is 0 Å². The van der Waals surface area contributed by atoms with E-state index in [1.165, 1.54) is 0 Å². The Balaban J connectivity index is 2.26. The van der Waals surface area contributed by atoms with Gasteiger partial charge in [0.1, 0.15) is 0 Å². The average molecular weight is 304 g/mol. The molecule has 0 radical (unpaired) electrons. The average Bonchev–Trinajstić information content (AvgIpc) is 2.43. The van der Waals surface area contributed by atoms with Crippen LogP contribution < -0.4 is 10.6 Å². The minimum Gasteiger partial charge on any atom is -0.382 e. The van der Waals surface area contributed by atoms with E-state index < -0.39 is 0 Å². The van der Waals surface area contributed by atoms with Crippen LogP contribution >= 0.6 is 11.6 Å². The van der Waals surface area contributed by atoms with Gasteiger partial charge in [-0.15, -0.1) is 0 Å². The molecular weight excluding hydrogens is 282 g/mol. The largest absolute Gasteiger partial charge is 0.382 e. The second kappa shape index (κ2) is 10.6. The summed E-state index contributed by atoms with van der Waals surface area (Å²) in [5, 5.41) is 6.35. The summed E-state index contributed by atoms with van der Waals surface area (Å²) in [6.45, 7) is 5.46. The van der Waals surface area contributed by atoms with Gasteiger partial charge in [0.2, 0.25) is 17.2 Å². The Hall–Kier alpha value is -1.18. The van der Waals surface area contributed by atoms with Crippen LogP contribution in [-0.4, -0.2) is 55.0 Å². The van der Waals surface area contributed by atoms with Crippen molar-refractivity contribution >= 4 is 23.5 Å². The molecule has 8 heteroatoms. The fourth-order valence-electron chi connectivity index (χ4n) is 1.36. The molecule has 114 valence electrons. The maximum atomic E-state index is 5.85. The summed E-state index contributed by atoms with van der Waals surface area (Å²) in [6.07, 6.45) is 1.84. The van der Waals surface area contributed by atoms with Crippen molar-refractivity contribution in [3.8, 4) is 0 Å². The first-order chi connectivity index (χ1) is 9.76. The Labute approximate surface area is 124 Å². The van der Waals surface area contributed by atoms with Gasteiger partial charge in [-0.3, -0.25) is 0 Å². The van der Waals surface area contributed by atoms with Gasteiger partial charge in [0.15, 0.2) is 0 Å². The van der Waals surface area contributed by atoms with Crippen molar-refractivity contribution in [2.45, 2.75) is 19.8 Å². The highest BCUT2D eigenvalue weighted by molar-refractivity contribution is 6.28. The molecule has 0 aliphatic carbocycles. The number of methoxy groups -OCH3 is 1. The minimum atomic E-state index is 0.178. The lowest BCUT2D eigenvalue weighted by atomic mass is 10.4. The van der Waals surface area contributed by atoms with Crippen molar-refractivity contribution in [1.29, 1.82) is 0 Å². The third-order valence-electron chi connectivity index (χ3n) is 2.32. The Morgan fingerprint density at radius 1 is 1.00 bits per heavy atom. The normalized spacial score (nSPS) is 10.6.